The Balaban J connectivity index is 2.41. The lowest BCUT2D eigenvalue weighted by Crippen LogP contribution is -2.02. The van der Waals surface area contributed by atoms with E-state index in [4.69, 9.17) is 9.15 Å². The van der Waals surface area contributed by atoms with Gasteiger partial charge in [-0.15, -0.1) is 0 Å². The van der Waals surface area contributed by atoms with Gasteiger partial charge in [-0.25, -0.2) is 0 Å². The summed E-state index contributed by atoms with van der Waals surface area (Å²) >= 11 is 0. The number of esters is 1. The summed E-state index contributed by atoms with van der Waals surface area (Å²) in [4.78, 5) is 22.8. The molecule has 100 valence electrons. The highest BCUT2D eigenvalue weighted by Crippen LogP contribution is 2.36. The first kappa shape index (κ1) is 12.4. The number of benzene rings is 2. The normalized spacial score (nSPS) is 10.9. The molecule has 3 rings (SSSR count). The third-order valence-electron chi connectivity index (χ3n) is 3.09. The van der Waals surface area contributed by atoms with E-state index < -0.39 is 5.97 Å². The number of ketones is 1. The Hall–Kier alpha value is -2.62. The van der Waals surface area contributed by atoms with Crippen molar-refractivity contribution in [1.82, 2.24) is 0 Å². The molecule has 1 aromatic heterocycles. The topological polar surface area (TPSA) is 56.5 Å². The summed E-state index contributed by atoms with van der Waals surface area (Å²) in [5, 5.41) is 2.33. The van der Waals surface area contributed by atoms with Crippen LogP contribution in [0.25, 0.3) is 21.7 Å². The minimum atomic E-state index is -0.409. The molecule has 3 aromatic rings. The highest BCUT2D eigenvalue weighted by atomic mass is 16.5. The van der Waals surface area contributed by atoms with Gasteiger partial charge in [0.05, 0.1) is 5.39 Å². The maximum absolute atomic E-state index is 11.4. The molecule has 2 aromatic carbocycles. The van der Waals surface area contributed by atoms with Crippen molar-refractivity contribution in [2.75, 3.05) is 0 Å². The van der Waals surface area contributed by atoms with Crippen LogP contribution in [-0.2, 0) is 4.79 Å². The maximum Gasteiger partial charge on any atom is 0.308 e. The number of hydrogen-bond acceptors (Lipinski definition) is 4. The molecule has 20 heavy (non-hydrogen) atoms. The molecule has 1 heterocycles. The first-order valence-corrected chi connectivity index (χ1v) is 6.21. The fraction of sp³-hybridized carbons (Fsp3) is 0.125. The molecule has 0 saturated carbocycles. The number of Topliss-reactive ketones (excluding diaryl/α,β-unsaturated/α-hetero) is 1. The number of rotatable bonds is 2. The van der Waals surface area contributed by atoms with E-state index in [9.17, 15) is 9.59 Å². The predicted octanol–water partition coefficient (Wildman–Crippen LogP) is 3.71. The van der Waals surface area contributed by atoms with Crippen LogP contribution in [0.1, 0.15) is 24.4 Å². The van der Waals surface area contributed by atoms with Crippen LogP contribution in [0.4, 0.5) is 0 Å². The number of furan rings is 1. The monoisotopic (exact) mass is 268 g/mol. The van der Waals surface area contributed by atoms with Gasteiger partial charge in [0.15, 0.2) is 11.5 Å². The van der Waals surface area contributed by atoms with Gasteiger partial charge in [0.1, 0.15) is 11.3 Å². The summed E-state index contributed by atoms with van der Waals surface area (Å²) in [5.74, 6) is 0.109. The second-order valence-electron chi connectivity index (χ2n) is 4.60. The lowest BCUT2D eigenvalue weighted by atomic mass is 10.1. The van der Waals surface area contributed by atoms with Crippen LogP contribution in [0.15, 0.2) is 40.8 Å². The van der Waals surface area contributed by atoms with Crippen molar-refractivity contribution in [1.29, 1.82) is 0 Å². The Labute approximate surface area is 114 Å². The number of carbonyl (C=O) groups is 2. The summed E-state index contributed by atoms with van der Waals surface area (Å²) in [6.45, 7) is 2.78. The number of carbonyl (C=O) groups excluding carboxylic acids is 2. The quantitative estimate of drug-likeness (QED) is 0.404. The van der Waals surface area contributed by atoms with Gasteiger partial charge in [-0.2, -0.15) is 0 Å². The molecular weight excluding hydrogens is 256 g/mol. The third-order valence-corrected chi connectivity index (χ3v) is 3.09. The van der Waals surface area contributed by atoms with Gasteiger partial charge in [0, 0.05) is 19.2 Å². The van der Waals surface area contributed by atoms with Crippen LogP contribution >= 0.6 is 0 Å². The summed E-state index contributed by atoms with van der Waals surface area (Å²) in [7, 11) is 0. The zero-order valence-corrected chi connectivity index (χ0v) is 11.1. The van der Waals surface area contributed by atoms with Crippen molar-refractivity contribution in [3.8, 4) is 5.75 Å². The van der Waals surface area contributed by atoms with Crippen LogP contribution in [0.3, 0.4) is 0 Å². The molecule has 0 atom stereocenters. The van der Waals surface area contributed by atoms with Crippen LogP contribution < -0.4 is 4.74 Å². The number of fused-ring (bicyclic) bond motifs is 2. The fourth-order valence-corrected chi connectivity index (χ4v) is 2.23. The molecule has 0 spiro atoms. The smallest absolute Gasteiger partial charge is 0.308 e. The van der Waals surface area contributed by atoms with E-state index in [1.54, 1.807) is 6.07 Å². The van der Waals surface area contributed by atoms with Crippen LogP contribution in [0.2, 0.25) is 0 Å². The minimum Gasteiger partial charge on any atom is -0.453 e. The van der Waals surface area contributed by atoms with E-state index in [0.717, 1.165) is 10.8 Å². The van der Waals surface area contributed by atoms with E-state index in [2.05, 4.69) is 0 Å². The first-order valence-electron chi connectivity index (χ1n) is 6.21. The molecular formula is C16H12O4. The van der Waals surface area contributed by atoms with Crippen molar-refractivity contribution in [2.45, 2.75) is 13.8 Å². The van der Waals surface area contributed by atoms with E-state index in [1.807, 2.05) is 30.3 Å². The molecule has 0 aliphatic rings. The van der Waals surface area contributed by atoms with E-state index in [-0.39, 0.29) is 11.5 Å². The zero-order chi connectivity index (χ0) is 14.3. The second kappa shape index (κ2) is 4.49. The van der Waals surface area contributed by atoms with Crippen molar-refractivity contribution in [2.24, 2.45) is 0 Å². The van der Waals surface area contributed by atoms with Gasteiger partial charge < -0.3 is 9.15 Å². The Bertz CT molecular complexity index is 842. The fourth-order valence-electron chi connectivity index (χ4n) is 2.23. The lowest BCUT2D eigenvalue weighted by Gasteiger charge is -2.07. The van der Waals surface area contributed by atoms with Crippen molar-refractivity contribution < 1.29 is 18.7 Å². The Morgan fingerprint density at radius 1 is 1.05 bits per heavy atom. The lowest BCUT2D eigenvalue weighted by molar-refractivity contribution is -0.131. The summed E-state index contributed by atoms with van der Waals surface area (Å²) in [6, 6.07) is 11.0. The van der Waals surface area contributed by atoms with Gasteiger partial charge >= 0.3 is 5.97 Å². The van der Waals surface area contributed by atoms with Crippen LogP contribution in [0.5, 0.6) is 5.75 Å². The number of hydrogen-bond donors (Lipinski definition) is 0. The van der Waals surface area contributed by atoms with Gasteiger partial charge in [-0.05, 0) is 17.5 Å². The Morgan fingerprint density at radius 3 is 2.50 bits per heavy atom. The standard InChI is InChI=1S/C16H12O4/c1-9(17)14-8-13-15(20-14)7-11-5-3-4-6-12(11)16(13)19-10(2)18/h3-8H,1-2H3. The van der Waals surface area contributed by atoms with E-state index in [1.165, 1.54) is 13.8 Å². The Morgan fingerprint density at radius 2 is 1.80 bits per heavy atom. The zero-order valence-electron chi connectivity index (χ0n) is 11.1. The molecule has 0 radical (unpaired) electrons. The minimum absolute atomic E-state index is 0.168. The third kappa shape index (κ3) is 1.95. The molecule has 0 aliphatic carbocycles. The average molecular weight is 268 g/mol. The largest absolute Gasteiger partial charge is 0.453 e. The van der Waals surface area contributed by atoms with Crippen molar-refractivity contribution in [3.05, 3.63) is 42.2 Å². The van der Waals surface area contributed by atoms with Gasteiger partial charge in [0.25, 0.3) is 0 Å². The Kier molecular flexibility index (Phi) is 2.79. The molecule has 0 saturated heterocycles. The highest BCUT2D eigenvalue weighted by Gasteiger charge is 2.16. The molecule has 0 N–H and O–H groups in total. The SMILES string of the molecule is CC(=O)Oc1c2ccccc2cc2oc(C(C)=O)cc12. The summed E-state index contributed by atoms with van der Waals surface area (Å²) < 4.78 is 10.8. The summed E-state index contributed by atoms with van der Waals surface area (Å²) in [5.41, 5.74) is 0.533. The van der Waals surface area contributed by atoms with Gasteiger partial charge in [-0.1, -0.05) is 24.3 Å². The second-order valence-corrected chi connectivity index (χ2v) is 4.60. The predicted molar refractivity (Wildman–Crippen MR) is 75.0 cm³/mol. The molecule has 4 nitrogen and oxygen atoms in total. The highest BCUT2D eigenvalue weighted by molar-refractivity contribution is 6.07. The van der Waals surface area contributed by atoms with Crippen LogP contribution in [-0.4, -0.2) is 11.8 Å². The van der Waals surface area contributed by atoms with Crippen LogP contribution in [0, 0.1) is 0 Å². The molecule has 4 heteroatoms. The molecule has 0 bridgehead atoms. The molecule has 0 amide bonds. The first-order chi connectivity index (χ1) is 9.56. The number of ether oxygens (including phenoxy) is 1. The average Bonchev–Trinajstić information content (AvgIpc) is 2.82. The van der Waals surface area contributed by atoms with Gasteiger partial charge in [0.2, 0.25) is 0 Å². The maximum atomic E-state index is 11.4. The summed E-state index contributed by atoms with van der Waals surface area (Å²) in [6.07, 6.45) is 0. The van der Waals surface area contributed by atoms with Gasteiger partial charge in [-0.3, -0.25) is 9.59 Å². The molecule has 0 unspecified atom stereocenters. The van der Waals surface area contributed by atoms with Crippen molar-refractivity contribution in [3.63, 3.8) is 0 Å². The molecule has 0 aliphatic heterocycles. The van der Waals surface area contributed by atoms with Crippen molar-refractivity contribution >= 4 is 33.5 Å². The van der Waals surface area contributed by atoms with E-state index in [0.29, 0.717) is 16.7 Å². The molecule has 0 fully saturated rings. The van der Waals surface area contributed by atoms with E-state index >= 15 is 0 Å².